The lowest BCUT2D eigenvalue weighted by atomic mass is 10.0. The molecule has 0 fully saturated rings. The number of esters is 1. The molecular weight excluding hydrogens is 356 g/mol. The standard InChI is InChI=1S/C23H20O5/c1-16(15-24)27-21-11-13-22(14-12-21)28-23(25)19-5-3-17(4-6-19)18-7-9-20(26-2)10-8-18/h3-16H,1-2H3. The van der Waals surface area contributed by atoms with Crippen molar-refractivity contribution in [3.63, 3.8) is 0 Å². The third-order valence-corrected chi connectivity index (χ3v) is 4.09. The van der Waals surface area contributed by atoms with Gasteiger partial charge in [-0.1, -0.05) is 24.3 Å². The summed E-state index contributed by atoms with van der Waals surface area (Å²) >= 11 is 0. The van der Waals surface area contributed by atoms with Gasteiger partial charge in [-0.25, -0.2) is 4.79 Å². The average molecular weight is 376 g/mol. The smallest absolute Gasteiger partial charge is 0.343 e. The van der Waals surface area contributed by atoms with Crippen LogP contribution in [0.1, 0.15) is 17.3 Å². The van der Waals surface area contributed by atoms with Crippen LogP contribution in [0, 0.1) is 0 Å². The normalized spacial score (nSPS) is 11.4. The average Bonchev–Trinajstić information content (AvgIpc) is 2.75. The van der Waals surface area contributed by atoms with Crippen molar-refractivity contribution in [1.29, 1.82) is 0 Å². The van der Waals surface area contributed by atoms with Gasteiger partial charge in [0.05, 0.1) is 12.7 Å². The zero-order chi connectivity index (χ0) is 19.9. The van der Waals surface area contributed by atoms with Crippen LogP contribution < -0.4 is 14.2 Å². The summed E-state index contributed by atoms with van der Waals surface area (Å²) in [6.07, 6.45) is 0.182. The third-order valence-electron chi connectivity index (χ3n) is 4.09. The molecule has 5 nitrogen and oxygen atoms in total. The molecule has 0 aromatic heterocycles. The van der Waals surface area contributed by atoms with Gasteiger partial charge >= 0.3 is 5.97 Å². The van der Waals surface area contributed by atoms with Gasteiger partial charge in [0.1, 0.15) is 17.2 Å². The summed E-state index contributed by atoms with van der Waals surface area (Å²) < 4.78 is 15.9. The van der Waals surface area contributed by atoms with Crippen LogP contribution in [0.3, 0.4) is 0 Å². The molecule has 0 saturated carbocycles. The van der Waals surface area contributed by atoms with E-state index in [1.807, 2.05) is 36.4 Å². The monoisotopic (exact) mass is 376 g/mol. The predicted molar refractivity (Wildman–Crippen MR) is 106 cm³/mol. The van der Waals surface area contributed by atoms with Crippen molar-refractivity contribution in [2.75, 3.05) is 7.11 Å². The summed E-state index contributed by atoms with van der Waals surface area (Å²) in [5.41, 5.74) is 2.47. The first kappa shape index (κ1) is 19.2. The Morgan fingerprint density at radius 1 is 0.786 bits per heavy atom. The zero-order valence-electron chi connectivity index (χ0n) is 15.6. The first-order chi connectivity index (χ1) is 13.6. The number of benzene rings is 3. The fraction of sp³-hybridized carbons (Fsp3) is 0.130. The maximum Gasteiger partial charge on any atom is 0.343 e. The molecule has 1 unspecified atom stereocenters. The molecule has 0 heterocycles. The predicted octanol–water partition coefficient (Wildman–Crippen LogP) is 4.55. The molecule has 0 aliphatic heterocycles. The van der Waals surface area contributed by atoms with Gasteiger partial charge in [0, 0.05) is 0 Å². The van der Waals surface area contributed by atoms with E-state index < -0.39 is 12.1 Å². The van der Waals surface area contributed by atoms with E-state index >= 15 is 0 Å². The van der Waals surface area contributed by atoms with E-state index in [0.29, 0.717) is 23.3 Å². The van der Waals surface area contributed by atoms with Crippen molar-refractivity contribution in [1.82, 2.24) is 0 Å². The van der Waals surface area contributed by atoms with Gasteiger partial charge in [-0.3, -0.25) is 4.79 Å². The number of carbonyl (C=O) groups excluding carboxylic acids is 2. The molecular formula is C23H20O5. The second-order valence-electron chi connectivity index (χ2n) is 6.13. The number of aldehydes is 1. The molecule has 1 atom stereocenters. The Hall–Kier alpha value is -3.60. The van der Waals surface area contributed by atoms with Crippen LogP contribution in [0.15, 0.2) is 72.8 Å². The quantitative estimate of drug-likeness (QED) is 0.344. The molecule has 5 heteroatoms. The molecule has 0 bridgehead atoms. The van der Waals surface area contributed by atoms with E-state index in [1.54, 1.807) is 50.4 Å². The number of hydrogen-bond donors (Lipinski definition) is 0. The van der Waals surface area contributed by atoms with Crippen molar-refractivity contribution >= 4 is 12.3 Å². The summed E-state index contributed by atoms with van der Waals surface area (Å²) in [6.45, 7) is 1.65. The van der Waals surface area contributed by atoms with Crippen molar-refractivity contribution in [2.24, 2.45) is 0 Å². The molecule has 0 saturated heterocycles. The summed E-state index contributed by atoms with van der Waals surface area (Å²) in [5.74, 6) is 1.27. The second-order valence-corrected chi connectivity index (χ2v) is 6.13. The molecule has 0 amide bonds. The highest BCUT2D eigenvalue weighted by molar-refractivity contribution is 5.91. The summed E-state index contributed by atoms with van der Waals surface area (Å²) in [6, 6.07) is 21.4. The van der Waals surface area contributed by atoms with Gasteiger partial charge in [-0.15, -0.1) is 0 Å². The van der Waals surface area contributed by atoms with E-state index in [0.717, 1.165) is 16.9 Å². The summed E-state index contributed by atoms with van der Waals surface area (Å²) in [7, 11) is 1.63. The third kappa shape index (κ3) is 4.76. The summed E-state index contributed by atoms with van der Waals surface area (Å²) in [4.78, 5) is 23.0. The van der Waals surface area contributed by atoms with Crippen LogP contribution in [0.5, 0.6) is 17.2 Å². The Balaban J connectivity index is 1.65. The number of hydrogen-bond acceptors (Lipinski definition) is 5. The topological polar surface area (TPSA) is 61.8 Å². The van der Waals surface area contributed by atoms with Crippen molar-refractivity contribution in [2.45, 2.75) is 13.0 Å². The lowest BCUT2D eigenvalue weighted by molar-refractivity contribution is -0.113. The van der Waals surface area contributed by atoms with Crippen LogP contribution >= 0.6 is 0 Å². The maximum atomic E-state index is 12.3. The SMILES string of the molecule is COc1ccc(-c2ccc(C(=O)Oc3ccc(OC(C)C=O)cc3)cc2)cc1. The molecule has 0 aliphatic carbocycles. The van der Waals surface area contributed by atoms with Crippen LogP contribution in [-0.2, 0) is 4.79 Å². The highest BCUT2D eigenvalue weighted by atomic mass is 16.5. The minimum absolute atomic E-state index is 0.398. The van der Waals surface area contributed by atoms with Crippen molar-refractivity contribution in [3.8, 4) is 28.4 Å². The Morgan fingerprint density at radius 3 is 1.82 bits per heavy atom. The van der Waals surface area contributed by atoms with Crippen molar-refractivity contribution < 1.29 is 23.8 Å². The van der Waals surface area contributed by atoms with Crippen molar-refractivity contribution in [3.05, 3.63) is 78.4 Å². The number of rotatable bonds is 7. The van der Waals surface area contributed by atoms with Crippen LogP contribution in [0.25, 0.3) is 11.1 Å². The van der Waals surface area contributed by atoms with E-state index in [2.05, 4.69) is 0 Å². The Bertz CT molecular complexity index is 928. The molecule has 3 rings (SSSR count). The van der Waals surface area contributed by atoms with Crippen LogP contribution in [0.2, 0.25) is 0 Å². The summed E-state index contributed by atoms with van der Waals surface area (Å²) in [5, 5.41) is 0. The lowest BCUT2D eigenvalue weighted by Gasteiger charge is -2.10. The molecule has 28 heavy (non-hydrogen) atoms. The van der Waals surface area contributed by atoms with E-state index in [9.17, 15) is 9.59 Å². The first-order valence-corrected chi connectivity index (χ1v) is 8.78. The van der Waals surface area contributed by atoms with Gasteiger partial charge < -0.3 is 14.2 Å². The second kappa shape index (κ2) is 8.86. The largest absolute Gasteiger partial charge is 0.497 e. The number of ether oxygens (including phenoxy) is 3. The molecule has 142 valence electrons. The van der Waals surface area contributed by atoms with Gasteiger partial charge in [-0.05, 0) is 66.6 Å². The Morgan fingerprint density at radius 2 is 1.29 bits per heavy atom. The minimum atomic E-state index is -0.530. The van der Waals surface area contributed by atoms with E-state index in [1.165, 1.54) is 0 Å². The Labute approximate surface area is 163 Å². The van der Waals surface area contributed by atoms with Gasteiger partial charge in [0.25, 0.3) is 0 Å². The highest BCUT2D eigenvalue weighted by Gasteiger charge is 2.10. The van der Waals surface area contributed by atoms with E-state index in [4.69, 9.17) is 14.2 Å². The highest BCUT2D eigenvalue weighted by Crippen LogP contribution is 2.24. The molecule has 0 radical (unpaired) electrons. The first-order valence-electron chi connectivity index (χ1n) is 8.78. The zero-order valence-corrected chi connectivity index (χ0v) is 15.6. The minimum Gasteiger partial charge on any atom is -0.497 e. The van der Waals surface area contributed by atoms with Crippen LogP contribution in [0.4, 0.5) is 0 Å². The fourth-order valence-electron chi connectivity index (χ4n) is 2.58. The van der Waals surface area contributed by atoms with Gasteiger partial charge in [0.15, 0.2) is 12.4 Å². The molecule has 3 aromatic rings. The number of carbonyl (C=O) groups is 2. The van der Waals surface area contributed by atoms with Gasteiger partial charge in [-0.2, -0.15) is 0 Å². The fourth-order valence-corrected chi connectivity index (χ4v) is 2.58. The molecule has 0 aliphatic rings. The lowest BCUT2D eigenvalue weighted by Crippen LogP contribution is -2.12. The maximum absolute atomic E-state index is 12.3. The van der Waals surface area contributed by atoms with E-state index in [-0.39, 0.29) is 0 Å². The molecule has 0 N–H and O–H groups in total. The van der Waals surface area contributed by atoms with Crippen LogP contribution in [-0.4, -0.2) is 25.5 Å². The molecule has 0 spiro atoms. The Kier molecular flexibility index (Phi) is 6.07. The van der Waals surface area contributed by atoms with Gasteiger partial charge in [0.2, 0.25) is 0 Å². The molecule has 3 aromatic carbocycles. The number of methoxy groups -OCH3 is 1.